The molecule has 1 aromatic heterocycles. The lowest BCUT2D eigenvalue weighted by Crippen LogP contribution is -2.50. The van der Waals surface area contributed by atoms with Gasteiger partial charge in [0.2, 0.25) is 5.91 Å². The van der Waals surface area contributed by atoms with E-state index in [1.807, 2.05) is 13.8 Å². The number of carbonyl (C=O) groups is 1. The van der Waals surface area contributed by atoms with Crippen LogP contribution in [0.5, 0.6) is 0 Å². The number of rotatable bonds is 5. The Bertz CT molecular complexity index is 558. The minimum atomic E-state index is -4.46. The van der Waals surface area contributed by atoms with Crippen molar-refractivity contribution >= 4 is 5.91 Å². The number of aromatic amines is 1. The van der Waals surface area contributed by atoms with Crippen LogP contribution in [0, 0.1) is 5.41 Å². The molecule has 1 aromatic rings. The van der Waals surface area contributed by atoms with Crippen LogP contribution in [0.1, 0.15) is 56.8 Å². The van der Waals surface area contributed by atoms with Crippen LogP contribution in [0.3, 0.4) is 0 Å². The van der Waals surface area contributed by atoms with Crippen LogP contribution in [-0.2, 0) is 11.0 Å². The van der Waals surface area contributed by atoms with E-state index in [1.54, 1.807) is 4.90 Å². The highest BCUT2D eigenvalue weighted by atomic mass is 19.4. The monoisotopic (exact) mass is 346 g/mol. The number of carbonyl (C=O) groups excluding carboxylic acids is 1. The third kappa shape index (κ3) is 3.58. The third-order valence-corrected chi connectivity index (χ3v) is 5.23. The van der Waals surface area contributed by atoms with Gasteiger partial charge in [-0.1, -0.05) is 13.8 Å². The fourth-order valence-electron chi connectivity index (χ4n) is 3.37. The topological polar surface area (TPSA) is 75.0 Å². The highest BCUT2D eigenvalue weighted by Crippen LogP contribution is 2.34. The summed E-state index contributed by atoms with van der Waals surface area (Å²) in [6, 6.07) is 1.05. The second-order valence-electron chi connectivity index (χ2n) is 6.49. The zero-order valence-electron chi connectivity index (χ0n) is 14.1. The Kier molecular flexibility index (Phi) is 5.57. The minimum Gasteiger partial charge on any atom is -0.342 e. The first-order valence-corrected chi connectivity index (χ1v) is 8.39. The molecule has 1 saturated heterocycles. The van der Waals surface area contributed by atoms with Crippen LogP contribution in [0.4, 0.5) is 13.2 Å². The lowest BCUT2D eigenvalue weighted by molar-refractivity contribution is -0.143. The quantitative estimate of drug-likeness (QED) is 0.861. The Balaban J connectivity index is 2.14. The van der Waals surface area contributed by atoms with E-state index < -0.39 is 17.3 Å². The molecule has 0 radical (unpaired) electrons. The Morgan fingerprint density at radius 3 is 2.58 bits per heavy atom. The summed E-state index contributed by atoms with van der Waals surface area (Å²) in [4.78, 5) is 14.6. The molecule has 0 aromatic carbocycles. The maximum atomic E-state index is 12.9. The second-order valence-corrected chi connectivity index (χ2v) is 6.49. The number of nitrogens with one attached hydrogen (secondary N) is 1. The van der Waals surface area contributed by atoms with E-state index in [0.29, 0.717) is 31.6 Å². The Labute approximate surface area is 139 Å². The summed E-state index contributed by atoms with van der Waals surface area (Å²) < 4.78 is 38.1. The largest absolute Gasteiger partial charge is 0.435 e. The van der Waals surface area contributed by atoms with Gasteiger partial charge >= 0.3 is 6.18 Å². The summed E-state index contributed by atoms with van der Waals surface area (Å²) in [6.45, 7) is 5.19. The van der Waals surface area contributed by atoms with E-state index in [2.05, 4.69) is 10.2 Å². The SMILES string of the molecule is CCC(CC)(CN)C(=O)N1CCCC(c2cc(C(F)(F)F)n[nH]2)C1. The van der Waals surface area contributed by atoms with Crippen molar-refractivity contribution in [3.05, 3.63) is 17.5 Å². The van der Waals surface area contributed by atoms with Gasteiger partial charge in [0.15, 0.2) is 5.69 Å². The van der Waals surface area contributed by atoms with Gasteiger partial charge in [0, 0.05) is 31.2 Å². The van der Waals surface area contributed by atoms with Crippen molar-refractivity contribution in [1.29, 1.82) is 0 Å². The van der Waals surface area contributed by atoms with Crippen LogP contribution in [-0.4, -0.2) is 40.6 Å². The van der Waals surface area contributed by atoms with E-state index in [0.717, 1.165) is 18.9 Å². The maximum absolute atomic E-state index is 12.9. The summed E-state index contributed by atoms with van der Waals surface area (Å²) in [7, 11) is 0. The molecule has 3 N–H and O–H groups in total. The van der Waals surface area contributed by atoms with Crippen LogP contribution in [0.15, 0.2) is 6.07 Å². The van der Waals surface area contributed by atoms with Gasteiger partial charge in [-0.2, -0.15) is 18.3 Å². The van der Waals surface area contributed by atoms with Crippen molar-refractivity contribution in [2.24, 2.45) is 11.1 Å². The summed E-state index contributed by atoms with van der Waals surface area (Å²) in [6.07, 6.45) is -1.66. The first-order valence-electron chi connectivity index (χ1n) is 8.39. The van der Waals surface area contributed by atoms with Crippen LogP contribution in [0.2, 0.25) is 0 Å². The minimum absolute atomic E-state index is 0.00950. The standard InChI is InChI=1S/C16H25F3N4O/c1-3-15(4-2,10-20)14(24)23-7-5-6-11(9-23)12-8-13(22-21-12)16(17,18)19/h8,11H,3-7,9-10,20H2,1-2H3,(H,21,22). The van der Waals surface area contributed by atoms with Gasteiger partial charge in [-0.25, -0.2) is 0 Å². The molecular formula is C16H25F3N4O. The predicted octanol–water partition coefficient (Wildman–Crippen LogP) is 2.90. The van der Waals surface area contributed by atoms with Gasteiger partial charge in [0.25, 0.3) is 0 Å². The number of amides is 1. The first-order chi connectivity index (χ1) is 11.3. The molecule has 1 fully saturated rings. The van der Waals surface area contributed by atoms with Gasteiger partial charge in [-0.05, 0) is 31.7 Å². The molecule has 24 heavy (non-hydrogen) atoms. The predicted molar refractivity (Wildman–Crippen MR) is 84.2 cm³/mol. The number of nitrogens with two attached hydrogens (primary N) is 1. The van der Waals surface area contributed by atoms with Crippen molar-refractivity contribution in [3.8, 4) is 0 Å². The van der Waals surface area contributed by atoms with Crippen molar-refractivity contribution in [2.45, 2.75) is 51.6 Å². The Hall–Kier alpha value is -1.57. The molecule has 1 amide bonds. The summed E-state index contributed by atoms with van der Waals surface area (Å²) >= 11 is 0. The van der Waals surface area contributed by atoms with E-state index in [-0.39, 0.29) is 18.4 Å². The molecule has 0 spiro atoms. The molecule has 1 unspecified atom stereocenters. The van der Waals surface area contributed by atoms with Crippen molar-refractivity contribution in [3.63, 3.8) is 0 Å². The number of likely N-dealkylation sites (tertiary alicyclic amines) is 1. The number of H-pyrrole nitrogens is 1. The van der Waals surface area contributed by atoms with Gasteiger partial charge in [0.05, 0.1) is 5.41 Å². The van der Waals surface area contributed by atoms with Gasteiger partial charge < -0.3 is 10.6 Å². The zero-order chi connectivity index (χ0) is 18.0. The van der Waals surface area contributed by atoms with Gasteiger partial charge in [-0.3, -0.25) is 9.89 Å². The van der Waals surface area contributed by atoms with E-state index in [1.165, 1.54) is 0 Å². The number of halogens is 3. The molecule has 0 saturated carbocycles. The molecule has 5 nitrogen and oxygen atoms in total. The molecule has 1 atom stereocenters. The number of nitrogens with zero attached hydrogens (tertiary/aromatic N) is 2. The number of hydrogen-bond acceptors (Lipinski definition) is 3. The average molecular weight is 346 g/mol. The Morgan fingerprint density at radius 2 is 2.08 bits per heavy atom. The zero-order valence-corrected chi connectivity index (χ0v) is 14.1. The van der Waals surface area contributed by atoms with Crippen molar-refractivity contribution < 1.29 is 18.0 Å². The van der Waals surface area contributed by atoms with Crippen molar-refractivity contribution in [2.75, 3.05) is 19.6 Å². The van der Waals surface area contributed by atoms with Gasteiger partial charge in [-0.15, -0.1) is 0 Å². The maximum Gasteiger partial charge on any atom is 0.435 e. The average Bonchev–Trinajstić information content (AvgIpc) is 3.07. The summed E-state index contributed by atoms with van der Waals surface area (Å²) in [5.41, 5.74) is 4.79. The second kappa shape index (κ2) is 7.13. The fourth-order valence-corrected chi connectivity index (χ4v) is 3.37. The lowest BCUT2D eigenvalue weighted by Gasteiger charge is -2.39. The molecule has 136 valence electrons. The highest BCUT2D eigenvalue weighted by molar-refractivity contribution is 5.83. The fraction of sp³-hybridized carbons (Fsp3) is 0.750. The number of alkyl halides is 3. The summed E-state index contributed by atoms with van der Waals surface area (Å²) in [5.74, 6) is -0.147. The Morgan fingerprint density at radius 1 is 1.42 bits per heavy atom. The molecule has 1 aliphatic heterocycles. The highest BCUT2D eigenvalue weighted by Gasteiger charge is 2.39. The molecule has 0 aliphatic carbocycles. The van der Waals surface area contributed by atoms with E-state index in [4.69, 9.17) is 5.73 Å². The number of piperidine rings is 1. The molecule has 2 rings (SSSR count). The lowest BCUT2D eigenvalue weighted by atomic mass is 9.80. The molecule has 1 aliphatic rings. The number of aromatic nitrogens is 2. The normalized spacial score (nSPS) is 19.6. The first kappa shape index (κ1) is 18.8. The van der Waals surface area contributed by atoms with E-state index >= 15 is 0 Å². The number of hydrogen-bond donors (Lipinski definition) is 2. The van der Waals surface area contributed by atoms with Crippen LogP contribution < -0.4 is 5.73 Å². The molecule has 8 heteroatoms. The summed E-state index contributed by atoms with van der Waals surface area (Å²) in [5, 5.41) is 5.85. The molecule has 0 bridgehead atoms. The molecular weight excluding hydrogens is 321 g/mol. The van der Waals surface area contributed by atoms with E-state index in [9.17, 15) is 18.0 Å². The molecule has 2 heterocycles. The van der Waals surface area contributed by atoms with Crippen LogP contribution in [0.25, 0.3) is 0 Å². The van der Waals surface area contributed by atoms with Crippen molar-refractivity contribution in [1.82, 2.24) is 15.1 Å². The van der Waals surface area contributed by atoms with Crippen LogP contribution >= 0.6 is 0 Å². The third-order valence-electron chi connectivity index (χ3n) is 5.23. The smallest absolute Gasteiger partial charge is 0.342 e. The van der Waals surface area contributed by atoms with Gasteiger partial charge in [0.1, 0.15) is 0 Å².